The lowest BCUT2D eigenvalue weighted by molar-refractivity contribution is -0.111. The summed E-state index contributed by atoms with van der Waals surface area (Å²) >= 11 is 0. The molecule has 2 amide bonds. The lowest BCUT2D eigenvalue weighted by atomic mass is 9.98. The van der Waals surface area contributed by atoms with Crippen molar-refractivity contribution in [3.63, 3.8) is 0 Å². The van der Waals surface area contributed by atoms with Crippen molar-refractivity contribution in [3.8, 4) is 0 Å². The van der Waals surface area contributed by atoms with Crippen LogP contribution < -0.4 is 5.32 Å². The van der Waals surface area contributed by atoms with E-state index >= 15 is 0 Å². The number of carbonyl (C=O) groups is 2. The highest BCUT2D eigenvalue weighted by Gasteiger charge is 2.22. The second-order valence-electron chi connectivity index (χ2n) is 7.06. The van der Waals surface area contributed by atoms with Crippen LogP contribution in [0.25, 0.3) is 6.08 Å². The Morgan fingerprint density at radius 1 is 0.862 bits per heavy atom. The number of nitrogens with one attached hydrogen (secondary N) is 1. The number of benzene rings is 3. The van der Waals surface area contributed by atoms with E-state index in [4.69, 9.17) is 0 Å². The fraction of sp³-hybridized carbons (Fsp3) is 0.120. The molecule has 1 N–H and O–H groups in total. The van der Waals surface area contributed by atoms with E-state index in [1.807, 2.05) is 83.8 Å². The number of nitrogens with zero attached hydrogens (tertiary/aromatic N) is 1. The lowest BCUT2D eigenvalue weighted by Crippen LogP contribution is -2.36. The molecule has 1 aliphatic rings. The Balaban J connectivity index is 1.44. The van der Waals surface area contributed by atoms with Gasteiger partial charge < -0.3 is 10.2 Å². The third kappa shape index (κ3) is 4.61. The van der Waals surface area contributed by atoms with Gasteiger partial charge in [0, 0.05) is 30.4 Å². The molecule has 0 radical (unpaired) electrons. The first-order valence-electron chi connectivity index (χ1n) is 9.69. The number of carbonyl (C=O) groups excluding carboxylic acids is 2. The van der Waals surface area contributed by atoms with Crippen LogP contribution in [0.4, 0.5) is 5.69 Å². The molecule has 0 aromatic heterocycles. The van der Waals surface area contributed by atoms with Gasteiger partial charge in [0.25, 0.3) is 5.91 Å². The Labute approximate surface area is 170 Å². The first-order chi connectivity index (χ1) is 14.2. The summed E-state index contributed by atoms with van der Waals surface area (Å²) in [5.74, 6) is -0.140. The molecule has 0 saturated heterocycles. The molecule has 0 atom stereocenters. The Hall–Kier alpha value is -3.66. The summed E-state index contributed by atoms with van der Waals surface area (Å²) in [5.41, 5.74) is 4.71. The fourth-order valence-electron chi connectivity index (χ4n) is 3.49. The molecule has 1 aliphatic heterocycles. The molecule has 29 heavy (non-hydrogen) atoms. The zero-order chi connectivity index (χ0) is 20.1. The van der Waals surface area contributed by atoms with E-state index in [1.165, 1.54) is 11.6 Å². The molecule has 3 aromatic rings. The summed E-state index contributed by atoms with van der Waals surface area (Å²) in [4.78, 5) is 26.8. The average molecular weight is 382 g/mol. The van der Waals surface area contributed by atoms with Gasteiger partial charge in [-0.1, -0.05) is 54.6 Å². The van der Waals surface area contributed by atoms with Crippen LogP contribution >= 0.6 is 0 Å². The van der Waals surface area contributed by atoms with Crippen LogP contribution in [0.2, 0.25) is 0 Å². The Morgan fingerprint density at radius 2 is 1.59 bits per heavy atom. The summed E-state index contributed by atoms with van der Waals surface area (Å²) in [6.45, 7) is 1.25. The van der Waals surface area contributed by atoms with Gasteiger partial charge in [0.2, 0.25) is 5.91 Å². The van der Waals surface area contributed by atoms with E-state index in [1.54, 1.807) is 6.08 Å². The van der Waals surface area contributed by atoms with E-state index < -0.39 is 0 Å². The van der Waals surface area contributed by atoms with Crippen molar-refractivity contribution >= 4 is 23.6 Å². The molecule has 4 rings (SSSR count). The Morgan fingerprint density at radius 3 is 2.34 bits per heavy atom. The molecular weight excluding hydrogens is 360 g/mol. The molecule has 144 valence electrons. The van der Waals surface area contributed by atoms with Crippen molar-refractivity contribution in [1.82, 2.24) is 4.90 Å². The van der Waals surface area contributed by atoms with Gasteiger partial charge in [0.15, 0.2) is 0 Å². The van der Waals surface area contributed by atoms with Crippen LogP contribution in [0.1, 0.15) is 27.0 Å². The second kappa shape index (κ2) is 8.57. The van der Waals surface area contributed by atoms with Gasteiger partial charge in [-0.25, -0.2) is 0 Å². The van der Waals surface area contributed by atoms with Crippen LogP contribution in [0.5, 0.6) is 0 Å². The number of rotatable bonds is 4. The number of hydrogen-bond donors (Lipinski definition) is 1. The van der Waals surface area contributed by atoms with Gasteiger partial charge >= 0.3 is 0 Å². The Bertz CT molecular complexity index is 1040. The predicted molar refractivity (Wildman–Crippen MR) is 115 cm³/mol. The van der Waals surface area contributed by atoms with Gasteiger partial charge in [0.1, 0.15) is 0 Å². The van der Waals surface area contributed by atoms with E-state index in [2.05, 4.69) is 5.32 Å². The van der Waals surface area contributed by atoms with E-state index in [0.29, 0.717) is 18.7 Å². The van der Waals surface area contributed by atoms with Crippen LogP contribution in [0.15, 0.2) is 84.9 Å². The molecule has 0 unspecified atom stereocenters. The lowest BCUT2D eigenvalue weighted by Gasteiger charge is -2.29. The molecule has 0 fully saturated rings. The number of anilines is 1. The van der Waals surface area contributed by atoms with E-state index in [0.717, 1.165) is 23.2 Å². The minimum absolute atomic E-state index is 0.0384. The largest absolute Gasteiger partial charge is 0.334 e. The fourth-order valence-corrected chi connectivity index (χ4v) is 3.49. The minimum atomic E-state index is -0.179. The molecule has 0 bridgehead atoms. The monoisotopic (exact) mass is 382 g/mol. The quantitative estimate of drug-likeness (QED) is 0.674. The molecule has 0 spiro atoms. The summed E-state index contributed by atoms with van der Waals surface area (Å²) in [6.07, 6.45) is 4.13. The van der Waals surface area contributed by atoms with Crippen LogP contribution in [-0.2, 0) is 17.8 Å². The molecule has 4 nitrogen and oxygen atoms in total. The molecule has 4 heteroatoms. The topological polar surface area (TPSA) is 49.4 Å². The number of amides is 2. The zero-order valence-electron chi connectivity index (χ0n) is 16.0. The van der Waals surface area contributed by atoms with Crippen molar-refractivity contribution in [3.05, 3.63) is 107 Å². The van der Waals surface area contributed by atoms with Gasteiger partial charge in [-0.15, -0.1) is 0 Å². The maximum atomic E-state index is 12.7. The van der Waals surface area contributed by atoms with Crippen molar-refractivity contribution in [1.29, 1.82) is 0 Å². The third-order valence-corrected chi connectivity index (χ3v) is 5.02. The molecular formula is C25H22N2O2. The predicted octanol–water partition coefficient (Wildman–Crippen LogP) is 4.54. The number of hydrogen-bond acceptors (Lipinski definition) is 2. The highest BCUT2D eigenvalue weighted by Crippen LogP contribution is 2.24. The maximum absolute atomic E-state index is 12.7. The molecule has 0 aliphatic carbocycles. The van der Waals surface area contributed by atoms with Crippen LogP contribution in [-0.4, -0.2) is 23.3 Å². The highest BCUT2D eigenvalue weighted by atomic mass is 16.2. The summed E-state index contributed by atoms with van der Waals surface area (Å²) in [7, 11) is 0. The van der Waals surface area contributed by atoms with Gasteiger partial charge in [-0.05, 0) is 53.5 Å². The van der Waals surface area contributed by atoms with Crippen LogP contribution in [0.3, 0.4) is 0 Å². The van der Waals surface area contributed by atoms with Gasteiger partial charge in [-0.2, -0.15) is 0 Å². The van der Waals surface area contributed by atoms with Crippen molar-refractivity contribution < 1.29 is 9.59 Å². The zero-order valence-corrected chi connectivity index (χ0v) is 16.0. The normalized spacial score (nSPS) is 13.2. The maximum Gasteiger partial charge on any atom is 0.254 e. The van der Waals surface area contributed by atoms with Crippen molar-refractivity contribution in [2.24, 2.45) is 0 Å². The standard InChI is InChI=1S/C25H22N2O2/c28-24(14-11-19-7-3-1-4-8-19)26-23-13-12-20-15-16-27(18-22(20)17-23)25(29)21-9-5-2-6-10-21/h1-14,17H,15-16,18H2,(H,26,28)/b14-11+. The smallest absolute Gasteiger partial charge is 0.254 e. The molecule has 1 heterocycles. The van der Waals surface area contributed by atoms with E-state index in [9.17, 15) is 9.59 Å². The molecule has 0 saturated carbocycles. The summed E-state index contributed by atoms with van der Waals surface area (Å²) < 4.78 is 0. The first-order valence-corrected chi connectivity index (χ1v) is 9.69. The number of fused-ring (bicyclic) bond motifs is 1. The molecule has 3 aromatic carbocycles. The highest BCUT2D eigenvalue weighted by molar-refractivity contribution is 6.02. The SMILES string of the molecule is O=C(/C=C/c1ccccc1)Nc1ccc2c(c1)CN(C(=O)c1ccccc1)CC2. The average Bonchev–Trinajstić information content (AvgIpc) is 2.78. The Kier molecular flexibility index (Phi) is 5.52. The summed E-state index contributed by atoms with van der Waals surface area (Å²) in [5, 5.41) is 2.91. The van der Waals surface area contributed by atoms with Crippen molar-refractivity contribution in [2.45, 2.75) is 13.0 Å². The third-order valence-electron chi connectivity index (χ3n) is 5.02. The van der Waals surface area contributed by atoms with Gasteiger partial charge in [-0.3, -0.25) is 9.59 Å². The van der Waals surface area contributed by atoms with Crippen LogP contribution in [0, 0.1) is 0 Å². The van der Waals surface area contributed by atoms with E-state index in [-0.39, 0.29) is 11.8 Å². The second-order valence-corrected chi connectivity index (χ2v) is 7.06. The van der Waals surface area contributed by atoms with Gasteiger partial charge in [0.05, 0.1) is 0 Å². The summed E-state index contributed by atoms with van der Waals surface area (Å²) in [6, 6.07) is 25.0. The van der Waals surface area contributed by atoms with Crippen molar-refractivity contribution in [2.75, 3.05) is 11.9 Å². The minimum Gasteiger partial charge on any atom is -0.334 e. The first kappa shape index (κ1) is 18.7.